The number of carbonyl (C=O) groups excluding carboxylic acids is 4. The Morgan fingerprint density at radius 1 is 1.07 bits per heavy atom. The van der Waals surface area contributed by atoms with Gasteiger partial charge in [0.1, 0.15) is 12.3 Å². The molecule has 2 aromatic carbocycles. The molecule has 0 saturated heterocycles. The highest BCUT2D eigenvalue weighted by atomic mass is 16.5. The minimum atomic E-state index is -1.06. The number of hydrogen-bond acceptors (Lipinski definition) is 6. The van der Waals surface area contributed by atoms with Crippen LogP contribution in [-0.4, -0.2) is 43.3 Å². The molecule has 2 amide bonds. The SMILES string of the molecule is CC[C@H](OC(=O)CN1C(=O)C(=O)c2ccccc21)C(=O)Nc1ccccc1OC. The second-order valence-electron chi connectivity index (χ2n) is 6.31. The van der Waals surface area contributed by atoms with Gasteiger partial charge in [-0.15, -0.1) is 0 Å². The van der Waals surface area contributed by atoms with Crippen molar-refractivity contribution in [3.05, 3.63) is 54.1 Å². The Labute approximate surface area is 167 Å². The van der Waals surface area contributed by atoms with E-state index in [1.807, 2.05) is 0 Å². The van der Waals surface area contributed by atoms with E-state index < -0.39 is 36.2 Å². The summed E-state index contributed by atoms with van der Waals surface area (Å²) in [5, 5.41) is 2.67. The zero-order chi connectivity index (χ0) is 21.0. The van der Waals surface area contributed by atoms with Gasteiger partial charge in [-0.25, -0.2) is 0 Å². The van der Waals surface area contributed by atoms with Gasteiger partial charge in [0.25, 0.3) is 17.6 Å². The predicted molar refractivity (Wildman–Crippen MR) is 105 cm³/mol. The van der Waals surface area contributed by atoms with E-state index in [1.165, 1.54) is 13.2 Å². The Hall–Kier alpha value is -3.68. The number of esters is 1. The van der Waals surface area contributed by atoms with Gasteiger partial charge in [-0.2, -0.15) is 0 Å². The maximum absolute atomic E-state index is 12.5. The lowest BCUT2D eigenvalue weighted by Crippen LogP contribution is -2.39. The molecule has 1 atom stereocenters. The number of fused-ring (bicyclic) bond motifs is 1. The van der Waals surface area contributed by atoms with Crippen molar-refractivity contribution < 1.29 is 28.7 Å². The summed E-state index contributed by atoms with van der Waals surface area (Å²) in [6, 6.07) is 13.3. The van der Waals surface area contributed by atoms with E-state index in [0.717, 1.165) is 4.90 Å². The van der Waals surface area contributed by atoms with Crippen molar-refractivity contribution in [2.24, 2.45) is 0 Å². The number of carbonyl (C=O) groups is 4. The van der Waals surface area contributed by atoms with E-state index in [-0.39, 0.29) is 12.0 Å². The van der Waals surface area contributed by atoms with E-state index in [9.17, 15) is 19.2 Å². The number of amides is 2. The molecule has 150 valence electrons. The summed E-state index contributed by atoms with van der Waals surface area (Å²) in [7, 11) is 1.48. The van der Waals surface area contributed by atoms with Crippen LogP contribution >= 0.6 is 0 Å². The van der Waals surface area contributed by atoms with Crippen molar-refractivity contribution in [3.8, 4) is 5.75 Å². The first-order chi connectivity index (χ1) is 14.0. The summed E-state index contributed by atoms with van der Waals surface area (Å²) in [6.45, 7) is 1.24. The molecule has 0 spiro atoms. The van der Waals surface area contributed by atoms with Gasteiger partial charge in [0.05, 0.1) is 24.0 Å². The molecule has 0 fully saturated rings. The smallest absolute Gasteiger partial charge is 0.326 e. The Morgan fingerprint density at radius 2 is 1.76 bits per heavy atom. The summed E-state index contributed by atoms with van der Waals surface area (Å²) in [5.74, 6) is -2.30. The van der Waals surface area contributed by atoms with Gasteiger partial charge in [-0.1, -0.05) is 31.2 Å². The number of anilines is 2. The van der Waals surface area contributed by atoms with Crippen molar-refractivity contribution in [2.45, 2.75) is 19.4 Å². The van der Waals surface area contributed by atoms with Gasteiger partial charge in [0.2, 0.25) is 0 Å². The van der Waals surface area contributed by atoms with Crippen LogP contribution in [0.3, 0.4) is 0 Å². The van der Waals surface area contributed by atoms with Crippen molar-refractivity contribution in [1.82, 2.24) is 0 Å². The predicted octanol–water partition coefficient (Wildman–Crippen LogP) is 2.18. The number of Topliss-reactive ketones (excluding diaryl/α,β-unsaturated/α-hetero) is 1. The van der Waals surface area contributed by atoms with Gasteiger partial charge < -0.3 is 14.8 Å². The van der Waals surface area contributed by atoms with E-state index in [2.05, 4.69) is 5.32 Å². The molecule has 8 heteroatoms. The first-order valence-electron chi connectivity index (χ1n) is 9.04. The van der Waals surface area contributed by atoms with Gasteiger partial charge in [0.15, 0.2) is 6.10 Å². The van der Waals surface area contributed by atoms with Crippen molar-refractivity contribution in [1.29, 1.82) is 0 Å². The monoisotopic (exact) mass is 396 g/mol. The van der Waals surface area contributed by atoms with Crippen LogP contribution in [0.2, 0.25) is 0 Å². The highest BCUT2D eigenvalue weighted by Gasteiger charge is 2.37. The van der Waals surface area contributed by atoms with Crippen LogP contribution < -0.4 is 15.0 Å². The summed E-state index contributed by atoms with van der Waals surface area (Å²) < 4.78 is 10.5. The molecule has 29 heavy (non-hydrogen) atoms. The molecule has 2 aromatic rings. The van der Waals surface area contributed by atoms with E-state index in [1.54, 1.807) is 49.4 Å². The number of nitrogens with zero attached hydrogens (tertiary/aromatic N) is 1. The standard InChI is InChI=1S/C21H20N2O6/c1-3-16(20(26)22-14-9-5-7-11-17(14)28-2)29-18(24)12-23-15-10-6-4-8-13(15)19(25)21(23)27/h4-11,16H,3,12H2,1-2H3,(H,22,26)/t16-/m0/s1. The average Bonchev–Trinajstić information content (AvgIpc) is 2.97. The molecule has 0 saturated carbocycles. The van der Waals surface area contributed by atoms with Crippen LogP contribution in [0, 0.1) is 0 Å². The summed E-state index contributed by atoms with van der Waals surface area (Å²) >= 11 is 0. The second-order valence-corrected chi connectivity index (χ2v) is 6.31. The molecule has 1 aliphatic heterocycles. The molecule has 0 aliphatic carbocycles. The number of benzene rings is 2. The second kappa shape index (κ2) is 8.55. The highest BCUT2D eigenvalue weighted by molar-refractivity contribution is 6.52. The Morgan fingerprint density at radius 3 is 2.48 bits per heavy atom. The summed E-state index contributed by atoms with van der Waals surface area (Å²) in [6.07, 6.45) is -0.827. The first-order valence-corrected chi connectivity index (χ1v) is 9.04. The summed E-state index contributed by atoms with van der Waals surface area (Å²) in [4.78, 5) is 50.2. The third-order valence-corrected chi connectivity index (χ3v) is 4.47. The number of ketones is 1. The minimum absolute atomic E-state index is 0.232. The fourth-order valence-corrected chi connectivity index (χ4v) is 3.01. The fourth-order valence-electron chi connectivity index (χ4n) is 3.01. The molecular weight excluding hydrogens is 376 g/mol. The number of para-hydroxylation sites is 3. The highest BCUT2D eigenvalue weighted by Crippen LogP contribution is 2.28. The van der Waals surface area contributed by atoms with Crippen molar-refractivity contribution in [3.63, 3.8) is 0 Å². The van der Waals surface area contributed by atoms with Crippen LogP contribution in [0.25, 0.3) is 0 Å². The van der Waals surface area contributed by atoms with Crippen LogP contribution in [-0.2, 0) is 19.1 Å². The fraction of sp³-hybridized carbons (Fsp3) is 0.238. The number of nitrogens with one attached hydrogen (secondary N) is 1. The zero-order valence-electron chi connectivity index (χ0n) is 16.0. The minimum Gasteiger partial charge on any atom is -0.495 e. The maximum atomic E-state index is 12.5. The van der Waals surface area contributed by atoms with Crippen molar-refractivity contribution >= 4 is 34.9 Å². The number of rotatable bonds is 7. The van der Waals surface area contributed by atoms with Crippen molar-refractivity contribution in [2.75, 3.05) is 23.9 Å². The van der Waals surface area contributed by atoms with E-state index in [0.29, 0.717) is 17.1 Å². The van der Waals surface area contributed by atoms with Crippen LogP contribution in [0.15, 0.2) is 48.5 Å². The van der Waals surface area contributed by atoms with Crippen LogP contribution in [0.5, 0.6) is 5.75 Å². The Bertz CT molecular complexity index is 971. The molecule has 0 unspecified atom stereocenters. The first kappa shape index (κ1) is 20.1. The lowest BCUT2D eigenvalue weighted by Gasteiger charge is -2.20. The van der Waals surface area contributed by atoms with E-state index in [4.69, 9.17) is 9.47 Å². The lowest BCUT2D eigenvalue weighted by molar-refractivity contribution is -0.153. The third kappa shape index (κ3) is 4.11. The molecule has 1 aliphatic rings. The van der Waals surface area contributed by atoms with Gasteiger partial charge >= 0.3 is 5.97 Å². The Kier molecular flexibility index (Phi) is 5.92. The van der Waals surface area contributed by atoms with Crippen LogP contribution in [0.1, 0.15) is 23.7 Å². The topological polar surface area (TPSA) is 102 Å². The molecule has 8 nitrogen and oxygen atoms in total. The third-order valence-electron chi connectivity index (χ3n) is 4.47. The lowest BCUT2D eigenvalue weighted by atomic mass is 10.1. The Balaban J connectivity index is 1.67. The quantitative estimate of drug-likeness (QED) is 0.569. The van der Waals surface area contributed by atoms with Gasteiger partial charge in [0, 0.05) is 0 Å². The maximum Gasteiger partial charge on any atom is 0.326 e. The molecular formula is C21H20N2O6. The van der Waals surface area contributed by atoms with Gasteiger partial charge in [-0.05, 0) is 30.7 Å². The largest absolute Gasteiger partial charge is 0.495 e. The summed E-state index contributed by atoms with van der Waals surface area (Å²) in [5.41, 5.74) is 1.04. The molecule has 0 radical (unpaired) electrons. The van der Waals surface area contributed by atoms with Crippen LogP contribution in [0.4, 0.5) is 11.4 Å². The normalized spacial score (nSPS) is 13.7. The number of ether oxygens (including phenoxy) is 2. The van der Waals surface area contributed by atoms with Gasteiger partial charge in [-0.3, -0.25) is 24.1 Å². The zero-order valence-corrected chi connectivity index (χ0v) is 16.0. The molecule has 3 rings (SSSR count). The number of methoxy groups -OCH3 is 1. The average molecular weight is 396 g/mol. The molecule has 0 aromatic heterocycles. The molecule has 1 N–H and O–H groups in total. The number of hydrogen-bond donors (Lipinski definition) is 1. The molecule has 1 heterocycles. The molecule has 0 bridgehead atoms. The van der Waals surface area contributed by atoms with E-state index >= 15 is 0 Å².